The normalized spacial score (nSPS) is 11.6. The van der Waals surface area contributed by atoms with Crippen molar-refractivity contribution in [2.75, 3.05) is 106 Å². The van der Waals surface area contributed by atoms with E-state index >= 15 is 0 Å². The Morgan fingerprint density at radius 1 is 0.579 bits per heavy atom. The molecule has 0 spiro atoms. The third-order valence-electron chi connectivity index (χ3n) is 4.69. The van der Waals surface area contributed by atoms with Crippen LogP contribution in [-0.2, 0) is 57.0 Å². The van der Waals surface area contributed by atoms with Crippen molar-refractivity contribution in [1.82, 2.24) is 0 Å². The minimum atomic E-state index is -3.77. The minimum Gasteiger partial charge on any atom is -0.469 e. The van der Waals surface area contributed by atoms with Gasteiger partial charge in [-0.05, 0) is 19.1 Å². The van der Waals surface area contributed by atoms with E-state index in [1.54, 1.807) is 12.1 Å². The van der Waals surface area contributed by atoms with Crippen LogP contribution in [0.4, 0.5) is 0 Å². The van der Waals surface area contributed by atoms with E-state index < -0.39 is 10.1 Å². The summed E-state index contributed by atoms with van der Waals surface area (Å²) >= 11 is 0. The van der Waals surface area contributed by atoms with Crippen LogP contribution in [0, 0.1) is 6.92 Å². The van der Waals surface area contributed by atoms with E-state index in [0.29, 0.717) is 85.9 Å². The molecule has 0 N–H and O–H groups in total. The van der Waals surface area contributed by atoms with Crippen molar-refractivity contribution in [1.29, 1.82) is 0 Å². The number of benzene rings is 1. The molecule has 0 aliphatic rings. The maximum Gasteiger partial charge on any atom is 0.307 e. The molecule has 220 valence electrons. The molecule has 0 saturated heterocycles. The van der Waals surface area contributed by atoms with Crippen LogP contribution >= 0.6 is 0 Å². The van der Waals surface area contributed by atoms with Crippen LogP contribution in [0.25, 0.3) is 0 Å². The van der Waals surface area contributed by atoms with Gasteiger partial charge in [-0.1, -0.05) is 17.7 Å². The number of hydrogen-bond acceptors (Lipinski definition) is 12. The fourth-order valence-electron chi connectivity index (χ4n) is 2.65. The smallest absolute Gasteiger partial charge is 0.307 e. The number of rotatable bonds is 26. The Hall–Kier alpha value is -1.68. The van der Waals surface area contributed by atoms with Crippen molar-refractivity contribution in [3.63, 3.8) is 0 Å². The number of ether oxygens (including phenoxy) is 8. The lowest BCUT2D eigenvalue weighted by Crippen LogP contribution is -2.15. The summed E-state index contributed by atoms with van der Waals surface area (Å²) in [6, 6.07) is 6.46. The Kier molecular flexibility index (Phi) is 21.0. The summed E-state index contributed by atoms with van der Waals surface area (Å²) in [6.07, 6.45) is 0.235. The van der Waals surface area contributed by atoms with Gasteiger partial charge in [0.2, 0.25) is 0 Å². The zero-order chi connectivity index (χ0) is 27.7. The molecular formula is C25H42O12S. The van der Waals surface area contributed by atoms with E-state index in [1.165, 1.54) is 19.2 Å². The van der Waals surface area contributed by atoms with Gasteiger partial charge in [0.1, 0.15) is 0 Å². The lowest BCUT2D eigenvalue weighted by molar-refractivity contribution is -0.141. The predicted molar refractivity (Wildman–Crippen MR) is 137 cm³/mol. The van der Waals surface area contributed by atoms with Crippen LogP contribution in [-0.4, -0.2) is 121 Å². The van der Waals surface area contributed by atoms with Crippen LogP contribution in [0.15, 0.2) is 29.2 Å². The Morgan fingerprint density at radius 2 is 0.921 bits per heavy atom. The molecule has 0 unspecified atom stereocenters. The monoisotopic (exact) mass is 566 g/mol. The van der Waals surface area contributed by atoms with Crippen molar-refractivity contribution in [3.8, 4) is 0 Å². The number of carbonyl (C=O) groups is 1. The fourth-order valence-corrected chi connectivity index (χ4v) is 3.55. The average Bonchev–Trinajstić information content (AvgIpc) is 2.91. The van der Waals surface area contributed by atoms with E-state index in [9.17, 15) is 13.2 Å². The summed E-state index contributed by atoms with van der Waals surface area (Å²) in [5.74, 6) is -0.295. The van der Waals surface area contributed by atoms with E-state index in [-0.39, 0.29) is 30.5 Å². The van der Waals surface area contributed by atoms with Gasteiger partial charge in [0.25, 0.3) is 10.1 Å². The molecule has 1 aromatic rings. The van der Waals surface area contributed by atoms with Gasteiger partial charge < -0.3 is 37.9 Å². The maximum atomic E-state index is 12.0. The topological polar surface area (TPSA) is 134 Å². The number of methoxy groups -OCH3 is 1. The van der Waals surface area contributed by atoms with Gasteiger partial charge >= 0.3 is 5.97 Å². The molecule has 12 nitrogen and oxygen atoms in total. The summed E-state index contributed by atoms with van der Waals surface area (Å²) in [4.78, 5) is 11.0. The van der Waals surface area contributed by atoms with Gasteiger partial charge in [0, 0.05) is 0 Å². The highest BCUT2D eigenvalue weighted by Gasteiger charge is 2.14. The molecule has 0 fully saturated rings. The Balaban J connectivity index is 1.75. The van der Waals surface area contributed by atoms with Gasteiger partial charge in [0.05, 0.1) is 118 Å². The second-order valence-electron chi connectivity index (χ2n) is 7.70. The van der Waals surface area contributed by atoms with E-state index in [2.05, 4.69) is 4.74 Å². The number of esters is 1. The second kappa shape index (κ2) is 23.2. The molecule has 0 aliphatic heterocycles. The summed E-state index contributed by atoms with van der Waals surface area (Å²) < 4.78 is 71.0. The molecule has 0 atom stereocenters. The highest BCUT2D eigenvalue weighted by atomic mass is 32.2. The van der Waals surface area contributed by atoms with Crippen molar-refractivity contribution < 1.29 is 55.3 Å². The first kappa shape index (κ1) is 34.3. The van der Waals surface area contributed by atoms with Crippen LogP contribution in [0.3, 0.4) is 0 Å². The Morgan fingerprint density at radius 3 is 1.29 bits per heavy atom. The average molecular weight is 567 g/mol. The van der Waals surface area contributed by atoms with Crippen LogP contribution in [0.2, 0.25) is 0 Å². The third kappa shape index (κ3) is 19.4. The molecule has 0 aliphatic carbocycles. The largest absolute Gasteiger partial charge is 0.469 e. The molecule has 0 radical (unpaired) electrons. The minimum absolute atomic E-state index is 0.0611. The molecule has 38 heavy (non-hydrogen) atoms. The van der Waals surface area contributed by atoms with Crippen LogP contribution < -0.4 is 0 Å². The van der Waals surface area contributed by atoms with Gasteiger partial charge in [-0.3, -0.25) is 8.98 Å². The van der Waals surface area contributed by atoms with Crippen LogP contribution in [0.1, 0.15) is 12.0 Å². The molecule has 0 bridgehead atoms. The molecule has 1 aromatic carbocycles. The van der Waals surface area contributed by atoms with E-state index in [1.807, 2.05) is 6.92 Å². The standard InChI is InChI=1S/C25H42O12S/c1-23-3-5-24(6-4-23)38(27,28)37-22-21-36-20-19-35-18-17-34-16-15-33-14-13-32-12-11-31-10-9-30-8-7-25(26)29-2/h3-6H,7-22H2,1-2H3. The Labute approximate surface area is 225 Å². The van der Waals surface area contributed by atoms with Gasteiger partial charge in [-0.25, -0.2) is 0 Å². The number of aryl methyl sites for hydroxylation is 1. The molecule has 0 saturated carbocycles. The van der Waals surface area contributed by atoms with Crippen molar-refractivity contribution in [3.05, 3.63) is 29.8 Å². The van der Waals surface area contributed by atoms with Gasteiger partial charge in [-0.2, -0.15) is 8.42 Å². The van der Waals surface area contributed by atoms with Gasteiger partial charge in [-0.15, -0.1) is 0 Å². The molecular weight excluding hydrogens is 524 g/mol. The zero-order valence-electron chi connectivity index (χ0n) is 22.4. The highest BCUT2D eigenvalue weighted by molar-refractivity contribution is 7.86. The molecule has 0 amide bonds. The van der Waals surface area contributed by atoms with Crippen molar-refractivity contribution in [2.45, 2.75) is 18.2 Å². The second-order valence-corrected chi connectivity index (χ2v) is 9.32. The maximum absolute atomic E-state index is 12.0. The predicted octanol–water partition coefficient (Wildman–Crippen LogP) is 1.38. The molecule has 0 aromatic heterocycles. The summed E-state index contributed by atoms with van der Waals surface area (Å²) in [6.45, 7) is 7.43. The zero-order valence-corrected chi connectivity index (χ0v) is 23.2. The van der Waals surface area contributed by atoms with Crippen LogP contribution in [0.5, 0.6) is 0 Å². The lowest BCUT2D eigenvalue weighted by Gasteiger charge is -2.09. The first-order valence-electron chi connectivity index (χ1n) is 12.5. The summed E-state index contributed by atoms with van der Waals surface area (Å²) in [7, 11) is -2.43. The van der Waals surface area contributed by atoms with E-state index in [0.717, 1.165) is 5.56 Å². The molecule has 0 heterocycles. The van der Waals surface area contributed by atoms with Crippen molar-refractivity contribution >= 4 is 16.1 Å². The fraction of sp³-hybridized carbons (Fsp3) is 0.720. The Bertz CT molecular complexity index is 801. The molecule has 13 heteroatoms. The number of carbonyl (C=O) groups excluding carboxylic acids is 1. The van der Waals surface area contributed by atoms with Gasteiger partial charge in [0.15, 0.2) is 0 Å². The summed E-state index contributed by atoms with van der Waals surface area (Å²) in [5.41, 5.74) is 0.973. The lowest BCUT2D eigenvalue weighted by atomic mass is 10.2. The summed E-state index contributed by atoms with van der Waals surface area (Å²) in [5, 5.41) is 0. The molecule has 1 rings (SSSR count). The van der Waals surface area contributed by atoms with Crippen molar-refractivity contribution in [2.24, 2.45) is 0 Å². The first-order chi connectivity index (χ1) is 18.5. The third-order valence-corrected chi connectivity index (χ3v) is 6.01. The number of hydrogen-bond donors (Lipinski definition) is 0. The SMILES string of the molecule is COC(=O)CCOCCOCCOCCOCCOCCOCCOCCOS(=O)(=O)c1ccc(C)cc1. The first-order valence-corrected chi connectivity index (χ1v) is 13.9. The quantitative estimate of drug-likeness (QED) is 0.0911. The van der Waals surface area contributed by atoms with E-state index in [4.69, 9.17) is 37.3 Å². The highest BCUT2D eigenvalue weighted by Crippen LogP contribution is 2.12.